The van der Waals surface area contributed by atoms with E-state index in [1.807, 2.05) is 30.3 Å². The smallest absolute Gasteiger partial charge is 0.321 e. The quantitative estimate of drug-likeness (QED) is 0.905. The highest BCUT2D eigenvalue weighted by molar-refractivity contribution is 5.89. The Balaban J connectivity index is 1.57. The minimum absolute atomic E-state index is 0.184. The highest BCUT2D eigenvalue weighted by Gasteiger charge is 2.36. The van der Waals surface area contributed by atoms with Crippen molar-refractivity contribution in [1.82, 2.24) is 4.90 Å². The number of benzene rings is 1. The number of carbonyl (C=O) groups is 1. The van der Waals surface area contributed by atoms with E-state index in [2.05, 4.69) is 12.2 Å². The molecule has 2 atom stereocenters. The fraction of sp³-hybridized carbons (Fsp3) is 0.389. The second kappa shape index (κ2) is 6.36. The van der Waals surface area contributed by atoms with Crippen LogP contribution in [-0.2, 0) is 6.54 Å². The fourth-order valence-electron chi connectivity index (χ4n) is 2.62. The lowest BCUT2D eigenvalue weighted by Gasteiger charge is -2.17. The summed E-state index contributed by atoms with van der Waals surface area (Å²) in [5, 5.41) is 2.85. The first-order valence-corrected chi connectivity index (χ1v) is 7.81. The van der Waals surface area contributed by atoms with Crippen molar-refractivity contribution < 1.29 is 13.9 Å². The minimum atomic E-state index is -0.184. The van der Waals surface area contributed by atoms with Gasteiger partial charge in [-0.1, -0.05) is 13.0 Å². The molecule has 23 heavy (non-hydrogen) atoms. The number of furan rings is 1. The van der Waals surface area contributed by atoms with Crippen LogP contribution in [0.4, 0.5) is 10.5 Å². The van der Waals surface area contributed by atoms with Crippen LogP contribution in [0.25, 0.3) is 0 Å². The van der Waals surface area contributed by atoms with Crippen molar-refractivity contribution in [2.24, 2.45) is 5.92 Å². The van der Waals surface area contributed by atoms with Crippen molar-refractivity contribution in [2.75, 3.05) is 19.5 Å². The average molecular weight is 314 g/mol. The van der Waals surface area contributed by atoms with Crippen molar-refractivity contribution in [1.29, 1.82) is 0 Å². The molecule has 5 heteroatoms. The molecule has 1 heterocycles. The maximum Gasteiger partial charge on any atom is 0.321 e. The van der Waals surface area contributed by atoms with E-state index in [1.165, 1.54) is 6.42 Å². The van der Waals surface area contributed by atoms with Gasteiger partial charge in [-0.3, -0.25) is 0 Å². The van der Waals surface area contributed by atoms with Gasteiger partial charge in [0, 0.05) is 24.7 Å². The molecule has 5 nitrogen and oxygen atoms in total. The Kier molecular flexibility index (Phi) is 4.28. The zero-order chi connectivity index (χ0) is 16.4. The maximum absolute atomic E-state index is 12.3. The number of anilines is 1. The third kappa shape index (κ3) is 3.67. The van der Waals surface area contributed by atoms with Crippen molar-refractivity contribution in [3.05, 3.63) is 47.9 Å². The first kappa shape index (κ1) is 15.5. The summed E-state index contributed by atoms with van der Waals surface area (Å²) < 4.78 is 11.0. The first-order valence-electron chi connectivity index (χ1n) is 7.81. The number of urea groups is 1. The molecule has 0 spiro atoms. The molecule has 0 aliphatic heterocycles. The molecule has 1 N–H and O–H groups in total. The summed E-state index contributed by atoms with van der Waals surface area (Å²) in [6, 6.07) is 11.1. The van der Waals surface area contributed by atoms with Crippen LogP contribution >= 0.6 is 0 Å². The summed E-state index contributed by atoms with van der Waals surface area (Å²) in [5.41, 5.74) is 0.702. The Morgan fingerprint density at radius 3 is 2.87 bits per heavy atom. The maximum atomic E-state index is 12.3. The van der Waals surface area contributed by atoms with Crippen LogP contribution in [0.1, 0.15) is 30.8 Å². The number of amides is 2. The van der Waals surface area contributed by atoms with Gasteiger partial charge in [0.15, 0.2) is 0 Å². The fourth-order valence-corrected chi connectivity index (χ4v) is 2.62. The van der Waals surface area contributed by atoms with E-state index in [0.717, 1.165) is 11.5 Å². The molecule has 1 aromatic heterocycles. The number of nitrogens with one attached hydrogen (secondary N) is 1. The molecule has 3 rings (SSSR count). The van der Waals surface area contributed by atoms with Crippen LogP contribution in [0.2, 0.25) is 0 Å². The molecule has 0 bridgehead atoms. The lowest BCUT2D eigenvalue weighted by atomic mass is 10.3. The van der Waals surface area contributed by atoms with Gasteiger partial charge in [-0.25, -0.2) is 4.79 Å². The highest BCUT2D eigenvalue weighted by Crippen LogP contribution is 2.47. The topological polar surface area (TPSA) is 54.7 Å². The standard InChI is InChI=1S/C18H22N2O3/c1-12-9-16(12)17-8-7-15(23-17)11-20(2)18(21)19-13-5-4-6-14(10-13)22-3/h4-8,10,12,16H,9,11H2,1-3H3,(H,19,21)/t12-,16+/m1/s1. The van der Waals surface area contributed by atoms with E-state index in [0.29, 0.717) is 29.8 Å². The van der Waals surface area contributed by atoms with E-state index in [4.69, 9.17) is 9.15 Å². The first-order chi connectivity index (χ1) is 11.1. The lowest BCUT2D eigenvalue weighted by molar-refractivity contribution is 0.216. The van der Waals surface area contributed by atoms with Gasteiger partial charge in [0.25, 0.3) is 0 Å². The van der Waals surface area contributed by atoms with Gasteiger partial charge in [0.1, 0.15) is 17.3 Å². The second-order valence-electron chi connectivity index (χ2n) is 6.14. The number of ether oxygens (including phenoxy) is 1. The number of nitrogens with zero attached hydrogens (tertiary/aromatic N) is 1. The summed E-state index contributed by atoms with van der Waals surface area (Å²) in [7, 11) is 3.35. The van der Waals surface area contributed by atoms with Crippen LogP contribution in [0.15, 0.2) is 40.8 Å². The molecule has 122 valence electrons. The number of carbonyl (C=O) groups excluding carboxylic acids is 1. The summed E-state index contributed by atoms with van der Waals surface area (Å²) in [6.45, 7) is 2.66. The molecule has 2 amide bonds. The number of hydrogen-bond donors (Lipinski definition) is 1. The zero-order valence-corrected chi connectivity index (χ0v) is 13.7. The van der Waals surface area contributed by atoms with Gasteiger partial charge in [-0.05, 0) is 36.6 Å². The second-order valence-corrected chi connectivity index (χ2v) is 6.14. The van der Waals surface area contributed by atoms with Gasteiger partial charge in [-0.2, -0.15) is 0 Å². The molecular weight excluding hydrogens is 292 g/mol. The van der Waals surface area contributed by atoms with Gasteiger partial charge >= 0.3 is 6.03 Å². The Morgan fingerprint density at radius 2 is 2.17 bits per heavy atom. The monoisotopic (exact) mass is 314 g/mol. The van der Waals surface area contributed by atoms with Gasteiger partial charge in [-0.15, -0.1) is 0 Å². The Labute approximate surface area is 136 Å². The van der Waals surface area contributed by atoms with E-state index >= 15 is 0 Å². The number of methoxy groups -OCH3 is 1. The zero-order valence-electron chi connectivity index (χ0n) is 13.7. The van der Waals surface area contributed by atoms with E-state index in [-0.39, 0.29) is 6.03 Å². The largest absolute Gasteiger partial charge is 0.497 e. The Hall–Kier alpha value is -2.43. The molecular formula is C18H22N2O3. The molecule has 0 saturated heterocycles. The predicted octanol–water partition coefficient (Wildman–Crippen LogP) is 4.08. The Bertz CT molecular complexity index is 695. The van der Waals surface area contributed by atoms with Crippen molar-refractivity contribution in [3.63, 3.8) is 0 Å². The molecule has 0 radical (unpaired) electrons. The van der Waals surface area contributed by atoms with Crippen molar-refractivity contribution in [2.45, 2.75) is 25.8 Å². The molecule has 1 aromatic carbocycles. The molecule has 1 aliphatic carbocycles. The molecule has 1 saturated carbocycles. The van der Waals surface area contributed by atoms with E-state index in [1.54, 1.807) is 25.1 Å². The normalized spacial score (nSPS) is 19.3. The number of hydrogen-bond acceptors (Lipinski definition) is 3. The summed E-state index contributed by atoms with van der Waals surface area (Å²) in [4.78, 5) is 13.8. The lowest BCUT2D eigenvalue weighted by Crippen LogP contribution is -2.30. The van der Waals surface area contributed by atoms with Gasteiger partial charge < -0.3 is 19.4 Å². The van der Waals surface area contributed by atoms with Gasteiger partial charge in [0.2, 0.25) is 0 Å². The average Bonchev–Trinajstić information content (AvgIpc) is 3.09. The van der Waals surface area contributed by atoms with Crippen LogP contribution in [0.3, 0.4) is 0 Å². The highest BCUT2D eigenvalue weighted by atomic mass is 16.5. The van der Waals surface area contributed by atoms with Crippen LogP contribution in [0, 0.1) is 5.92 Å². The van der Waals surface area contributed by atoms with E-state index in [9.17, 15) is 4.79 Å². The molecule has 1 fully saturated rings. The Morgan fingerprint density at radius 1 is 1.39 bits per heavy atom. The third-order valence-corrected chi connectivity index (χ3v) is 4.22. The predicted molar refractivity (Wildman–Crippen MR) is 88.7 cm³/mol. The van der Waals surface area contributed by atoms with E-state index < -0.39 is 0 Å². The summed E-state index contributed by atoms with van der Waals surface area (Å²) in [6.07, 6.45) is 1.19. The molecule has 2 aromatic rings. The van der Waals surface area contributed by atoms with Crippen LogP contribution in [-0.4, -0.2) is 25.1 Å². The third-order valence-electron chi connectivity index (χ3n) is 4.22. The van der Waals surface area contributed by atoms with Crippen molar-refractivity contribution >= 4 is 11.7 Å². The van der Waals surface area contributed by atoms with Crippen LogP contribution < -0.4 is 10.1 Å². The summed E-state index contributed by atoms with van der Waals surface area (Å²) in [5.74, 6) is 3.82. The van der Waals surface area contributed by atoms with Crippen molar-refractivity contribution in [3.8, 4) is 5.75 Å². The SMILES string of the molecule is COc1cccc(NC(=O)N(C)Cc2ccc([C@H]3C[C@H]3C)o2)c1. The minimum Gasteiger partial charge on any atom is -0.497 e. The molecule has 1 aliphatic rings. The van der Waals surface area contributed by atoms with Gasteiger partial charge in [0.05, 0.1) is 13.7 Å². The molecule has 0 unspecified atom stereocenters. The van der Waals surface area contributed by atoms with Crippen LogP contribution in [0.5, 0.6) is 5.75 Å². The summed E-state index contributed by atoms with van der Waals surface area (Å²) >= 11 is 0. The number of rotatable bonds is 5.